The van der Waals surface area contributed by atoms with Gasteiger partial charge in [-0.1, -0.05) is 137 Å². The highest BCUT2D eigenvalue weighted by atomic mass is 33.1. The van der Waals surface area contributed by atoms with Gasteiger partial charge in [0, 0.05) is 47.9 Å². The quantitative estimate of drug-likeness (QED) is 0.0434. The number of aliphatic hydroxyl groups is 1. The molecule has 1 saturated heterocycles. The third kappa shape index (κ3) is 17.3. The molecule has 8 amide bonds. The second-order valence-corrected chi connectivity index (χ2v) is 23.7. The van der Waals surface area contributed by atoms with E-state index < -0.39 is 102 Å². The Bertz CT molecular complexity index is 3530. The summed E-state index contributed by atoms with van der Waals surface area (Å²) in [6.45, 7) is 1.50. The van der Waals surface area contributed by atoms with Crippen molar-refractivity contribution in [1.29, 1.82) is 0 Å². The second-order valence-electron chi connectivity index (χ2n) is 21.2. The fourth-order valence-electron chi connectivity index (χ4n) is 9.99. The van der Waals surface area contributed by atoms with Crippen molar-refractivity contribution >= 4 is 101 Å². The summed E-state index contributed by atoms with van der Waals surface area (Å²) < 4.78 is 0. The number of carbonyl (C=O) groups excluding carboxylic acids is 8. The Morgan fingerprint density at radius 3 is 1.85 bits per heavy atom. The number of fused-ring (bicyclic) bond motifs is 3. The number of unbranched alkanes of at least 4 members (excludes halogenated alkanes) is 1. The molecule has 7 aromatic rings. The zero-order chi connectivity index (χ0) is 60.6. The summed E-state index contributed by atoms with van der Waals surface area (Å²) in [5.74, 6) is -7.32. The predicted molar refractivity (Wildman–Crippen MR) is 329 cm³/mol. The van der Waals surface area contributed by atoms with Crippen molar-refractivity contribution in [3.05, 3.63) is 162 Å². The third-order valence-electron chi connectivity index (χ3n) is 14.7. The molecule has 1 aliphatic rings. The topological polar surface area (TPSA) is 355 Å². The number of aromatic hydroxyl groups is 1. The maximum atomic E-state index is 15.0. The van der Waals surface area contributed by atoms with Crippen molar-refractivity contribution in [2.24, 2.45) is 17.2 Å². The molecular formula is C62H71N11O10S2. The smallest absolute Gasteiger partial charge is 0.245 e. The Balaban J connectivity index is 1.14. The second kappa shape index (κ2) is 29.9. The minimum absolute atomic E-state index is 0.000159. The number of hydrogen-bond acceptors (Lipinski definition) is 14. The van der Waals surface area contributed by atoms with Gasteiger partial charge in [0.15, 0.2) is 0 Å². The average Bonchev–Trinajstić information content (AvgIpc) is 4.02. The molecule has 0 spiro atoms. The maximum Gasteiger partial charge on any atom is 0.245 e. The number of aliphatic hydroxyl groups excluding tert-OH is 1. The predicted octanol–water partition coefficient (Wildman–Crippen LogP) is 2.56. The lowest BCUT2D eigenvalue weighted by molar-refractivity contribution is -0.136. The summed E-state index contributed by atoms with van der Waals surface area (Å²) in [5, 5.41) is 44.9. The van der Waals surface area contributed by atoms with Gasteiger partial charge in [0.05, 0.1) is 12.1 Å². The highest BCUT2D eigenvalue weighted by Gasteiger charge is 2.37. The van der Waals surface area contributed by atoms with Gasteiger partial charge in [-0.15, -0.1) is 0 Å². The summed E-state index contributed by atoms with van der Waals surface area (Å²) in [6, 6.07) is 28.5. The van der Waals surface area contributed by atoms with Crippen molar-refractivity contribution in [1.82, 2.24) is 42.2 Å². The number of rotatable bonds is 18. The van der Waals surface area contributed by atoms with Crippen molar-refractivity contribution < 1.29 is 48.6 Å². The van der Waals surface area contributed by atoms with E-state index >= 15 is 0 Å². The minimum Gasteiger partial charge on any atom is -0.508 e. The number of benzene rings is 6. The molecule has 0 bridgehead atoms. The minimum atomic E-state index is -1.71. The van der Waals surface area contributed by atoms with Crippen LogP contribution in [0.2, 0.25) is 0 Å². The number of nitrogens with two attached hydrogens (primary N) is 3. The molecule has 0 aliphatic carbocycles. The molecule has 21 nitrogen and oxygen atoms in total. The van der Waals surface area contributed by atoms with E-state index in [2.05, 4.69) is 42.2 Å². The molecular weight excluding hydrogens is 1120 g/mol. The van der Waals surface area contributed by atoms with Gasteiger partial charge in [0.2, 0.25) is 47.3 Å². The van der Waals surface area contributed by atoms with Gasteiger partial charge in [-0.2, -0.15) is 0 Å². The van der Waals surface area contributed by atoms with Crippen LogP contribution in [0.25, 0.3) is 32.4 Å². The van der Waals surface area contributed by atoms with Crippen LogP contribution in [0.5, 0.6) is 5.75 Å². The fourth-order valence-corrected chi connectivity index (χ4v) is 12.3. The Hall–Kier alpha value is -8.48. The Morgan fingerprint density at radius 1 is 0.635 bits per heavy atom. The molecule has 23 heteroatoms. The van der Waals surface area contributed by atoms with Crippen LogP contribution >= 0.6 is 21.6 Å². The highest BCUT2D eigenvalue weighted by molar-refractivity contribution is 8.76. The molecule has 0 unspecified atom stereocenters. The number of carbonyl (C=O) groups is 8. The molecule has 85 heavy (non-hydrogen) atoms. The first-order valence-corrected chi connectivity index (χ1v) is 30.5. The first kappa shape index (κ1) is 62.6. The molecule has 446 valence electrons. The largest absolute Gasteiger partial charge is 0.508 e. The lowest BCUT2D eigenvalue weighted by atomic mass is 10.0. The maximum absolute atomic E-state index is 15.0. The van der Waals surface area contributed by atoms with Crippen LogP contribution < -0.4 is 54.4 Å². The number of phenols is 1. The average molecular weight is 1190 g/mol. The van der Waals surface area contributed by atoms with Crippen LogP contribution in [0, 0.1) is 0 Å². The van der Waals surface area contributed by atoms with E-state index in [0.29, 0.717) is 29.5 Å². The van der Waals surface area contributed by atoms with Crippen LogP contribution in [0.3, 0.4) is 0 Å². The Morgan fingerprint density at radius 2 is 1.20 bits per heavy atom. The number of phenolic OH excluding ortho intramolecular Hbond substituents is 1. The first-order chi connectivity index (χ1) is 40.9. The number of H-pyrrole nitrogens is 1. The van der Waals surface area contributed by atoms with E-state index in [1.165, 1.54) is 19.1 Å². The number of amides is 8. The lowest BCUT2D eigenvalue weighted by Crippen LogP contribution is -2.62. The van der Waals surface area contributed by atoms with Crippen LogP contribution in [-0.4, -0.2) is 135 Å². The van der Waals surface area contributed by atoms with E-state index in [9.17, 15) is 48.6 Å². The van der Waals surface area contributed by atoms with Gasteiger partial charge >= 0.3 is 0 Å². The van der Waals surface area contributed by atoms with Crippen LogP contribution in [-0.2, 0) is 64.0 Å². The van der Waals surface area contributed by atoms with E-state index in [-0.39, 0.29) is 55.9 Å². The SMILES string of the molecule is C[C@@H](O)[C@@H]1NC(=O)[C@H](CCCCN)NC(=O)[C@@H](Cc2c[nH]c3ccccc23)NC(=O)[C@H](Cc2ccc(O)cc2)NC(=O)[C@H](NC(=O)[C@H](N)Cc2ccc3ccccc3c2)CSSC[C@@H](C(=O)N[C@@H](Cc2ccc3ccccc3c2)C(N)=O)NC1=O. The normalized spacial score (nSPS) is 20.6. The van der Waals surface area contributed by atoms with Crippen LogP contribution in [0.4, 0.5) is 0 Å². The number of para-hydroxylation sites is 1. The number of nitrogens with one attached hydrogen (secondary N) is 8. The summed E-state index contributed by atoms with van der Waals surface area (Å²) in [6.07, 6.45) is 0.646. The monoisotopic (exact) mass is 1190 g/mol. The van der Waals surface area contributed by atoms with Gasteiger partial charge in [-0.25, -0.2) is 0 Å². The van der Waals surface area contributed by atoms with Crippen LogP contribution in [0.15, 0.2) is 140 Å². The van der Waals surface area contributed by atoms with Crippen molar-refractivity contribution in [3.8, 4) is 5.75 Å². The van der Waals surface area contributed by atoms with E-state index in [0.717, 1.165) is 59.6 Å². The van der Waals surface area contributed by atoms with Gasteiger partial charge in [0.25, 0.3) is 0 Å². The van der Waals surface area contributed by atoms with Crippen molar-refractivity contribution in [2.45, 2.75) is 106 Å². The van der Waals surface area contributed by atoms with Gasteiger partial charge in [-0.3, -0.25) is 38.4 Å². The standard InChI is InChI=1S/C62H71N11O10S2/c1-35(74)54-62(83)72-53(60(81)68-49(55(65)76)30-38-18-22-40-11-3-5-13-42(40)27-38)34-85-84-33-52(71-56(77)46(64)28-37-17-21-39-10-2-4-12-41(39)26-37)61(82)69-50(29-36-19-23-44(75)24-20-36)58(79)70-51(31-43-32-66-47-15-7-6-14-45(43)47)59(80)67-48(57(78)73-54)16-8-9-25-63/h2-7,10-15,17-24,26-27,32,35,46,48-54,66,74-75H,8-9,16,25,28-31,33-34,63-64H2,1H3,(H2,65,76)(H,67,80)(H,68,81)(H,69,82)(H,70,79)(H,71,77)(H,72,83)(H,73,78)/t35-,46-,48+,49+,50+,51-,52-,53+,54+/m1/s1. The number of primary amides is 1. The van der Waals surface area contributed by atoms with Crippen LogP contribution in [0.1, 0.15) is 48.4 Å². The zero-order valence-electron chi connectivity index (χ0n) is 46.8. The zero-order valence-corrected chi connectivity index (χ0v) is 48.4. The Kier molecular flexibility index (Phi) is 22.0. The summed E-state index contributed by atoms with van der Waals surface area (Å²) in [7, 11) is 2.02. The lowest BCUT2D eigenvalue weighted by Gasteiger charge is -2.29. The van der Waals surface area contributed by atoms with Gasteiger partial charge < -0.3 is 69.6 Å². The highest BCUT2D eigenvalue weighted by Crippen LogP contribution is 2.26. The van der Waals surface area contributed by atoms with Gasteiger partial charge in [0.1, 0.15) is 48.0 Å². The fraction of sp³-hybridized carbons (Fsp3) is 0.323. The summed E-state index contributed by atoms with van der Waals surface area (Å²) in [5.41, 5.74) is 21.6. The van der Waals surface area contributed by atoms with Crippen molar-refractivity contribution in [3.63, 3.8) is 0 Å². The molecule has 8 rings (SSSR count). The van der Waals surface area contributed by atoms with E-state index in [4.69, 9.17) is 17.2 Å². The number of aromatic nitrogens is 1. The first-order valence-electron chi connectivity index (χ1n) is 28.0. The molecule has 9 atom stereocenters. The molecule has 6 aromatic carbocycles. The summed E-state index contributed by atoms with van der Waals surface area (Å²) >= 11 is 0. The molecule has 16 N–H and O–H groups in total. The van der Waals surface area contributed by atoms with Gasteiger partial charge in [-0.05, 0) is 101 Å². The Labute approximate surface area is 498 Å². The molecule has 0 saturated carbocycles. The number of hydrogen-bond donors (Lipinski definition) is 13. The third-order valence-corrected chi connectivity index (χ3v) is 17.1. The number of aromatic amines is 1. The molecule has 0 radical (unpaired) electrons. The van der Waals surface area contributed by atoms with E-state index in [1.54, 1.807) is 24.4 Å². The molecule has 1 aromatic heterocycles. The van der Waals surface area contributed by atoms with Crippen molar-refractivity contribution in [2.75, 3.05) is 18.1 Å². The molecule has 1 fully saturated rings. The molecule has 1 aliphatic heterocycles. The van der Waals surface area contributed by atoms with E-state index in [1.807, 2.05) is 103 Å². The summed E-state index contributed by atoms with van der Waals surface area (Å²) in [4.78, 5) is 119. The molecule has 2 heterocycles.